The smallest absolute Gasteiger partial charge is 0.223 e. The molecule has 6 heteroatoms. The Morgan fingerprint density at radius 3 is 2.44 bits per heavy atom. The van der Waals surface area contributed by atoms with Crippen molar-refractivity contribution < 1.29 is 13.2 Å². The maximum absolute atomic E-state index is 11.4. The van der Waals surface area contributed by atoms with Crippen molar-refractivity contribution in [1.82, 2.24) is 10.0 Å². The molecule has 0 heterocycles. The topological polar surface area (TPSA) is 75.3 Å². The normalized spacial score (nSPS) is 16.4. The summed E-state index contributed by atoms with van der Waals surface area (Å²) in [6.45, 7) is 4.35. The highest BCUT2D eigenvalue weighted by atomic mass is 32.2. The van der Waals surface area contributed by atoms with Gasteiger partial charge in [0.1, 0.15) is 0 Å². The van der Waals surface area contributed by atoms with Crippen LogP contribution >= 0.6 is 0 Å². The summed E-state index contributed by atoms with van der Waals surface area (Å²) in [7, 11) is -3.18. The summed E-state index contributed by atoms with van der Waals surface area (Å²) in [6, 6.07) is 0. The molecular formula is C10H20N2O3S. The van der Waals surface area contributed by atoms with Crippen LogP contribution in [0.2, 0.25) is 0 Å². The number of amides is 1. The molecule has 94 valence electrons. The van der Waals surface area contributed by atoms with Crippen molar-refractivity contribution in [3.63, 3.8) is 0 Å². The van der Waals surface area contributed by atoms with Crippen LogP contribution in [0, 0.1) is 11.8 Å². The second kappa shape index (κ2) is 5.63. The van der Waals surface area contributed by atoms with Gasteiger partial charge in [0.25, 0.3) is 0 Å². The molecule has 0 aromatic carbocycles. The van der Waals surface area contributed by atoms with E-state index in [0.717, 1.165) is 12.8 Å². The molecule has 5 nitrogen and oxygen atoms in total. The van der Waals surface area contributed by atoms with E-state index in [-0.39, 0.29) is 30.0 Å². The van der Waals surface area contributed by atoms with E-state index in [1.165, 1.54) is 0 Å². The van der Waals surface area contributed by atoms with Gasteiger partial charge in [0.2, 0.25) is 15.9 Å². The van der Waals surface area contributed by atoms with Crippen LogP contribution in [0.1, 0.15) is 26.7 Å². The molecule has 1 aliphatic carbocycles. The third kappa shape index (κ3) is 5.46. The number of hydrogen-bond acceptors (Lipinski definition) is 3. The highest BCUT2D eigenvalue weighted by Gasteiger charge is 2.29. The van der Waals surface area contributed by atoms with Crippen molar-refractivity contribution in [2.45, 2.75) is 26.7 Å². The van der Waals surface area contributed by atoms with E-state index in [1.54, 1.807) is 0 Å². The molecular weight excluding hydrogens is 228 g/mol. The Balaban J connectivity index is 2.12. The first-order chi connectivity index (χ1) is 7.41. The van der Waals surface area contributed by atoms with Crippen molar-refractivity contribution in [3.05, 3.63) is 0 Å². The van der Waals surface area contributed by atoms with Gasteiger partial charge in [0.15, 0.2) is 0 Å². The predicted octanol–water partition coefficient (Wildman–Crippen LogP) is 0.0880. The van der Waals surface area contributed by atoms with Gasteiger partial charge in [-0.2, -0.15) is 0 Å². The maximum Gasteiger partial charge on any atom is 0.223 e. The molecule has 0 atom stereocenters. The molecule has 0 aromatic rings. The largest absolute Gasteiger partial charge is 0.355 e. The Morgan fingerprint density at radius 2 is 1.94 bits per heavy atom. The Labute approximate surface area is 97.0 Å². The monoisotopic (exact) mass is 248 g/mol. The first-order valence-electron chi connectivity index (χ1n) is 5.66. The van der Waals surface area contributed by atoms with Crippen LogP contribution < -0.4 is 10.0 Å². The Morgan fingerprint density at radius 1 is 1.31 bits per heavy atom. The lowest BCUT2D eigenvalue weighted by molar-refractivity contribution is -0.122. The minimum absolute atomic E-state index is 0.0445. The second-order valence-electron chi connectivity index (χ2n) is 4.63. The first-order valence-corrected chi connectivity index (χ1v) is 7.31. The predicted molar refractivity (Wildman–Crippen MR) is 62.4 cm³/mol. The number of hydrogen-bond donors (Lipinski definition) is 2. The fraction of sp³-hybridized carbons (Fsp3) is 0.900. The number of carbonyl (C=O) groups excluding carboxylic acids is 1. The molecule has 0 spiro atoms. The van der Waals surface area contributed by atoms with E-state index in [9.17, 15) is 13.2 Å². The molecule has 0 radical (unpaired) electrons. The first kappa shape index (κ1) is 13.4. The van der Waals surface area contributed by atoms with Crippen LogP contribution in [-0.4, -0.2) is 33.2 Å². The summed E-state index contributed by atoms with van der Waals surface area (Å²) in [5, 5.41) is 2.70. The average molecular weight is 248 g/mol. The number of rotatable bonds is 7. The van der Waals surface area contributed by atoms with E-state index in [2.05, 4.69) is 10.0 Å². The molecule has 1 rings (SSSR count). The van der Waals surface area contributed by atoms with E-state index < -0.39 is 10.0 Å². The van der Waals surface area contributed by atoms with E-state index >= 15 is 0 Å². The number of nitrogens with one attached hydrogen (secondary N) is 2. The fourth-order valence-corrected chi connectivity index (χ4v) is 2.79. The van der Waals surface area contributed by atoms with Crippen molar-refractivity contribution in [1.29, 1.82) is 0 Å². The highest BCUT2D eigenvalue weighted by molar-refractivity contribution is 7.89. The molecule has 1 fully saturated rings. The van der Waals surface area contributed by atoms with Gasteiger partial charge in [0, 0.05) is 19.0 Å². The maximum atomic E-state index is 11.4. The average Bonchev–Trinajstić information content (AvgIpc) is 2.92. The van der Waals surface area contributed by atoms with Gasteiger partial charge in [-0.15, -0.1) is 0 Å². The zero-order chi connectivity index (χ0) is 12.2. The number of carbonyl (C=O) groups is 1. The van der Waals surface area contributed by atoms with Crippen LogP contribution in [0.25, 0.3) is 0 Å². The quantitative estimate of drug-likeness (QED) is 0.627. The van der Waals surface area contributed by atoms with E-state index in [0.29, 0.717) is 6.54 Å². The van der Waals surface area contributed by atoms with Gasteiger partial charge >= 0.3 is 0 Å². The Bertz CT molecular complexity index is 334. The minimum atomic E-state index is -3.18. The third-order valence-corrected chi connectivity index (χ3v) is 4.00. The summed E-state index contributed by atoms with van der Waals surface area (Å²) in [6.07, 6.45) is 1.93. The summed E-state index contributed by atoms with van der Waals surface area (Å²) in [5.41, 5.74) is 0. The van der Waals surface area contributed by atoms with Gasteiger partial charge in [-0.05, 0) is 18.8 Å². The summed E-state index contributed by atoms with van der Waals surface area (Å²) in [5.74, 6) is 0.456. The van der Waals surface area contributed by atoms with Crippen LogP contribution in [0.15, 0.2) is 0 Å². The second-order valence-corrected chi connectivity index (χ2v) is 6.49. The molecule has 0 bridgehead atoms. The highest BCUT2D eigenvalue weighted by Crippen LogP contribution is 2.28. The van der Waals surface area contributed by atoms with Gasteiger partial charge < -0.3 is 5.32 Å². The van der Waals surface area contributed by atoms with Crippen LogP contribution in [0.4, 0.5) is 0 Å². The van der Waals surface area contributed by atoms with Crippen molar-refractivity contribution >= 4 is 15.9 Å². The third-order valence-electron chi connectivity index (χ3n) is 2.25. The zero-order valence-electron chi connectivity index (χ0n) is 9.82. The van der Waals surface area contributed by atoms with Gasteiger partial charge in [0.05, 0.1) is 5.75 Å². The van der Waals surface area contributed by atoms with Crippen LogP contribution in [-0.2, 0) is 14.8 Å². The molecule has 1 amide bonds. The van der Waals surface area contributed by atoms with Gasteiger partial charge in [-0.3, -0.25) is 4.79 Å². The van der Waals surface area contributed by atoms with Crippen molar-refractivity contribution in [3.8, 4) is 0 Å². The molecule has 2 N–H and O–H groups in total. The van der Waals surface area contributed by atoms with Crippen molar-refractivity contribution in [2.75, 3.05) is 18.8 Å². The standard InChI is InChI=1S/C10H20N2O3S/c1-8(2)7-16(14,15)12-6-5-11-10(13)9-3-4-9/h8-9,12H,3-7H2,1-2H3,(H,11,13). The number of sulfonamides is 1. The molecule has 0 aromatic heterocycles. The van der Waals surface area contributed by atoms with E-state index in [1.807, 2.05) is 13.8 Å². The lowest BCUT2D eigenvalue weighted by atomic mass is 10.3. The fourth-order valence-electron chi connectivity index (χ4n) is 1.38. The SMILES string of the molecule is CC(C)CS(=O)(=O)NCCNC(=O)C1CC1. The molecule has 1 aliphatic rings. The summed E-state index contributed by atoms with van der Waals surface area (Å²) < 4.78 is 25.3. The molecule has 0 aliphatic heterocycles. The zero-order valence-corrected chi connectivity index (χ0v) is 10.6. The lowest BCUT2D eigenvalue weighted by Crippen LogP contribution is -2.36. The lowest BCUT2D eigenvalue weighted by Gasteiger charge is -2.09. The van der Waals surface area contributed by atoms with Crippen LogP contribution in [0.5, 0.6) is 0 Å². The van der Waals surface area contributed by atoms with Crippen LogP contribution in [0.3, 0.4) is 0 Å². The van der Waals surface area contributed by atoms with Gasteiger partial charge in [-0.1, -0.05) is 13.8 Å². The molecule has 0 saturated heterocycles. The Hall–Kier alpha value is -0.620. The molecule has 0 unspecified atom stereocenters. The minimum Gasteiger partial charge on any atom is -0.355 e. The molecule has 1 saturated carbocycles. The molecule has 16 heavy (non-hydrogen) atoms. The van der Waals surface area contributed by atoms with Gasteiger partial charge in [-0.25, -0.2) is 13.1 Å². The summed E-state index contributed by atoms with van der Waals surface area (Å²) in [4.78, 5) is 11.2. The Kier molecular flexibility index (Phi) is 4.73. The van der Waals surface area contributed by atoms with Crippen molar-refractivity contribution in [2.24, 2.45) is 11.8 Å². The van der Waals surface area contributed by atoms with E-state index in [4.69, 9.17) is 0 Å². The summed E-state index contributed by atoms with van der Waals surface area (Å²) >= 11 is 0.